The SMILES string of the molecule is C=COC(CCCCCC)CCCCCCCCCCCOCC. The molecule has 0 aromatic rings. The first-order valence-electron chi connectivity index (χ1n) is 10.7. The summed E-state index contributed by atoms with van der Waals surface area (Å²) < 4.78 is 11.0. The van der Waals surface area contributed by atoms with Gasteiger partial charge in [-0.25, -0.2) is 0 Å². The Hall–Kier alpha value is -0.500. The standard InChI is InChI=1S/C22H44O2/c1-4-7-8-16-19-22(24-6-3)20-17-14-12-10-9-11-13-15-18-21-23-5-2/h6,22H,3-5,7-21H2,1-2H3. The van der Waals surface area contributed by atoms with E-state index in [1.54, 1.807) is 6.26 Å². The lowest BCUT2D eigenvalue weighted by molar-refractivity contribution is 0.121. The quantitative estimate of drug-likeness (QED) is 0.169. The Balaban J connectivity index is 3.34. The van der Waals surface area contributed by atoms with Crippen LogP contribution in [0.2, 0.25) is 0 Å². The van der Waals surface area contributed by atoms with Gasteiger partial charge < -0.3 is 9.47 Å². The highest BCUT2D eigenvalue weighted by Gasteiger charge is 2.07. The fourth-order valence-corrected chi connectivity index (χ4v) is 3.17. The number of hydrogen-bond acceptors (Lipinski definition) is 2. The van der Waals surface area contributed by atoms with Crippen LogP contribution in [0.3, 0.4) is 0 Å². The van der Waals surface area contributed by atoms with Gasteiger partial charge >= 0.3 is 0 Å². The van der Waals surface area contributed by atoms with Gasteiger partial charge in [0, 0.05) is 13.2 Å². The second-order valence-electron chi connectivity index (χ2n) is 6.94. The fraction of sp³-hybridized carbons (Fsp3) is 0.909. The van der Waals surface area contributed by atoms with Gasteiger partial charge in [0.05, 0.1) is 12.4 Å². The Kier molecular flexibility index (Phi) is 20.1. The molecule has 0 rings (SSSR count). The molecule has 0 heterocycles. The number of unbranched alkanes of at least 4 members (excludes halogenated alkanes) is 11. The first kappa shape index (κ1) is 23.5. The molecule has 1 atom stereocenters. The zero-order chi connectivity index (χ0) is 17.7. The van der Waals surface area contributed by atoms with Crippen LogP contribution in [0.25, 0.3) is 0 Å². The average molecular weight is 341 g/mol. The lowest BCUT2D eigenvalue weighted by Gasteiger charge is -2.16. The number of rotatable bonds is 20. The van der Waals surface area contributed by atoms with Crippen molar-refractivity contribution in [3.05, 3.63) is 12.8 Å². The first-order chi connectivity index (χ1) is 11.8. The topological polar surface area (TPSA) is 18.5 Å². The van der Waals surface area contributed by atoms with E-state index in [2.05, 4.69) is 20.4 Å². The van der Waals surface area contributed by atoms with Crippen molar-refractivity contribution < 1.29 is 9.47 Å². The van der Waals surface area contributed by atoms with E-state index in [-0.39, 0.29) is 0 Å². The summed E-state index contributed by atoms with van der Waals surface area (Å²) in [4.78, 5) is 0. The molecular weight excluding hydrogens is 296 g/mol. The second kappa shape index (κ2) is 20.5. The van der Waals surface area contributed by atoms with Gasteiger partial charge in [0.1, 0.15) is 0 Å². The van der Waals surface area contributed by atoms with E-state index >= 15 is 0 Å². The van der Waals surface area contributed by atoms with E-state index in [4.69, 9.17) is 9.47 Å². The highest BCUT2D eigenvalue weighted by Crippen LogP contribution is 2.16. The summed E-state index contributed by atoms with van der Waals surface area (Å²) in [5, 5.41) is 0. The molecule has 0 aromatic carbocycles. The van der Waals surface area contributed by atoms with Crippen LogP contribution < -0.4 is 0 Å². The molecule has 0 aliphatic rings. The second-order valence-corrected chi connectivity index (χ2v) is 6.94. The van der Waals surface area contributed by atoms with Crippen molar-refractivity contribution in [1.82, 2.24) is 0 Å². The normalized spacial score (nSPS) is 12.2. The third kappa shape index (κ3) is 17.8. The van der Waals surface area contributed by atoms with Crippen LogP contribution in [0, 0.1) is 0 Å². The average Bonchev–Trinajstić information content (AvgIpc) is 2.59. The summed E-state index contributed by atoms with van der Waals surface area (Å²) in [5.41, 5.74) is 0. The van der Waals surface area contributed by atoms with Crippen molar-refractivity contribution in [3.63, 3.8) is 0 Å². The molecule has 2 heteroatoms. The van der Waals surface area contributed by atoms with E-state index in [9.17, 15) is 0 Å². The van der Waals surface area contributed by atoms with Crippen molar-refractivity contribution in [2.45, 2.75) is 116 Å². The fourth-order valence-electron chi connectivity index (χ4n) is 3.17. The highest BCUT2D eigenvalue weighted by molar-refractivity contribution is 4.64. The summed E-state index contributed by atoms with van der Waals surface area (Å²) in [6.45, 7) is 9.86. The van der Waals surface area contributed by atoms with Gasteiger partial charge in [-0.05, 0) is 39.0 Å². The molecular formula is C22H44O2. The van der Waals surface area contributed by atoms with Gasteiger partial charge in [0.2, 0.25) is 0 Å². The zero-order valence-corrected chi connectivity index (χ0v) is 16.7. The largest absolute Gasteiger partial charge is 0.499 e. The molecule has 144 valence electrons. The van der Waals surface area contributed by atoms with Crippen LogP contribution in [0.4, 0.5) is 0 Å². The van der Waals surface area contributed by atoms with Crippen molar-refractivity contribution in [2.75, 3.05) is 13.2 Å². The van der Waals surface area contributed by atoms with E-state index in [1.807, 2.05) is 0 Å². The minimum atomic E-state index is 0.407. The molecule has 0 aromatic heterocycles. The third-order valence-electron chi connectivity index (χ3n) is 4.69. The van der Waals surface area contributed by atoms with Gasteiger partial charge in [0.15, 0.2) is 0 Å². The van der Waals surface area contributed by atoms with Crippen molar-refractivity contribution in [1.29, 1.82) is 0 Å². The van der Waals surface area contributed by atoms with Crippen molar-refractivity contribution in [2.24, 2.45) is 0 Å². The van der Waals surface area contributed by atoms with Gasteiger partial charge in [0.25, 0.3) is 0 Å². The van der Waals surface area contributed by atoms with Gasteiger partial charge in [-0.2, -0.15) is 0 Å². The Bertz CT molecular complexity index is 240. The smallest absolute Gasteiger partial charge is 0.0978 e. The van der Waals surface area contributed by atoms with Crippen LogP contribution in [0.5, 0.6) is 0 Å². The maximum atomic E-state index is 5.68. The minimum absolute atomic E-state index is 0.407. The molecule has 1 unspecified atom stereocenters. The van der Waals surface area contributed by atoms with Gasteiger partial charge in [-0.3, -0.25) is 0 Å². The molecule has 0 spiro atoms. The zero-order valence-electron chi connectivity index (χ0n) is 16.7. The van der Waals surface area contributed by atoms with E-state index in [0.717, 1.165) is 13.2 Å². The third-order valence-corrected chi connectivity index (χ3v) is 4.69. The van der Waals surface area contributed by atoms with Crippen LogP contribution in [0.15, 0.2) is 12.8 Å². The molecule has 0 N–H and O–H groups in total. The van der Waals surface area contributed by atoms with E-state index in [0.29, 0.717) is 6.10 Å². The van der Waals surface area contributed by atoms with Crippen molar-refractivity contribution >= 4 is 0 Å². The molecule has 0 aliphatic carbocycles. The molecule has 2 nitrogen and oxygen atoms in total. The lowest BCUT2D eigenvalue weighted by atomic mass is 10.0. The summed E-state index contributed by atoms with van der Waals surface area (Å²) in [5.74, 6) is 0. The molecule has 0 bridgehead atoms. The Labute approximate surface area is 152 Å². The molecule has 0 amide bonds. The molecule has 0 saturated carbocycles. The monoisotopic (exact) mass is 340 g/mol. The van der Waals surface area contributed by atoms with Crippen molar-refractivity contribution in [3.8, 4) is 0 Å². The number of ether oxygens (including phenoxy) is 2. The van der Waals surface area contributed by atoms with Crippen LogP contribution >= 0.6 is 0 Å². The summed E-state index contributed by atoms with van der Waals surface area (Å²) in [7, 11) is 0. The minimum Gasteiger partial charge on any atom is -0.499 e. The summed E-state index contributed by atoms with van der Waals surface area (Å²) >= 11 is 0. The number of hydrogen-bond donors (Lipinski definition) is 0. The van der Waals surface area contributed by atoms with Crippen LogP contribution in [-0.4, -0.2) is 19.3 Å². The molecule has 0 aliphatic heterocycles. The first-order valence-corrected chi connectivity index (χ1v) is 10.7. The Morgan fingerprint density at radius 1 is 0.708 bits per heavy atom. The highest BCUT2D eigenvalue weighted by atomic mass is 16.5. The molecule has 0 saturated heterocycles. The maximum Gasteiger partial charge on any atom is 0.0978 e. The van der Waals surface area contributed by atoms with Gasteiger partial charge in [-0.1, -0.05) is 77.7 Å². The predicted molar refractivity (Wildman–Crippen MR) is 106 cm³/mol. The Morgan fingerprint density at radius 3 is 1.71 bits per heavy atom. The Morgan fingerprint density at radius 2 is 1.21 bits per heavy atom. The predicted octanol–water partition coefficient (Wildman–Crippen LogP) is 7.42. The maximum absolute atomic E-state index is 5.68. The van der Waals surface area contributed by atoms with Crippen LogP contribution in [0.1, 0.15) is 110 Å². The molecule has 0 radical (unpaired) electrons. The summed E-state index contributed by atoms with van der Waals surface area (Å²) in [6, 6.07) is 0. The molecule has 24 heavy (non-hydrogen) atoms. The van der Waals surface area contributed by atoms with Gasteiger partial charge in [-0.15, -0.1) is 0 Å². The lowest BCUT2D eigenvalue weighted by Crippen LogP contribution is -2.09. The molecule has 0 fully saturated rings. The van der Waals surface area contributed by atoms with Crippen LogP contribution in [-0.2, 0) is 9.47 Å². The van der Waals surface area contributed by atoms with E-state index in [1.165, 1.54) is 96.3 Å². The van der Waals surface area contributed by atoms with E-state index < -0.39 is 0 Å². The summed E-state index contributed by atoms with van der Waals surface area (Å²) in [6.07, 6.45) is 21.9.